The van der Waals surface area contributed by atoms with E-state index in [2.05, 4.69) is 0 Å². The Morgan fingerprint density at radius 1 is 0.968 bits per heavy atom. The first-order chi connectivity index (χ1) is 15.0. The number of para-hydroxylation sites is 1. The number of nitrogens with zero attached hydrogens (tertiary/aromatic N) is 1. The first-order valence-electron chi connectivity index (χ1n) is 9.77. The van der Waals surface area contributed by atoms with Crippen LogP contribution in [0.4, 0.5) is 9.18 Å². The molecule has 1 aliphatic rings. The highest BCUT2D eigenvalue weighted by Crippen LogP contribution is 2.35. The number of carbonyl (C=O) groups is 2. The number of halogens is 1. The molecule has 3 aromatic carbocycles. The lowest BCUT2D eigenvalue weighted by Gasteiger charge is -2.14. The molecule has 156 valence electrons. The van der Waals surface area contributed by atoms with Crippen molar-refractivity contribution in [1.82, 2.24) is 4.90 Å². The molecule has 2 amide bonds. The zero-order chi connectivity index (χ0) is 21.8. The highest BCUT2D eigenvalue weighted by atomic mass is 32.2. The molecule has 4 rings (SSSR count). The average molecular weight is 434 g/mol. The maximum Gasteiger partial charge on any atom is 0.293 e. The zero-order valence-electron chi connectivity index (χ0n) is 16.9. The van der Waals surface area contributed by atoms with Gasteiger partial charge in [-0.3, -0.25) is 14.5 Å². The van der Waals surface area contributed by atoms with Gasteiger partial charge in [0.05, 0.1) is 11.4 Å². The van der Waals surface area contributed by atoms with Crippen molar-refractivity contribution in [3.05, 3.63) is 106 Å². The van der Waals surface area contributed by atoms with Crippen molar-refractivity contribution in [3.63, 3.8) is 0 Å². The molecule has 6 heteroatoms. The zero-order valence-corrected chi connectivity index (χ0v) is 17.7. The van der Waals surface area contributed by atoms with E-state index in [-0.39, 0.29) is 30.1 Å². The van der Waals surface area contributed by atoms with Gasteiger partial charge in [-0.2, -0.15) is 0 Å². The number of ether oxygens (including phenoxy) is 1. The van der Waals surface area contributed by atoms with E-state index in [0.717, 1.165) is 28.5 Å². The molecular weight excluding hydrogens is 413 g/mol. The minimum Gasteiger partial charge on any atom is -0.488 e. The van der Waals surface area contributed by atoms with Crippen LogP contribution in [0.2, 0.25) is 0 Å². The maximum absolute atomic E-state index is 13.1. The van der Waals surface area contributed by atoms with Crippen LogP contribution < -0.4 is 4.74 Å². The van der Waals surface area contributed by atoms with E-state index >= 15 is 0 Å². The van der Waals surface area contributed by atoms with Crippen molar-refractivity contribution in [1.29, 1.82) is 0 Å². The summed E-state index contributed by atoms with van der Waals surface area (Å²) in [6.45, 7) is 2.47. The van der Waals surface area contributed by atoms with Crippen LogP contribution in [0.5, 0.6) is 5.75 Å². The molecule has 3 aromatic rings. The second kappa shape index (κ2) is 9.18. The number of rotatable bonds is 6. The summed E-state index contributed by atoms with van der Waals surface area (Å²) in [5.41, 5.74) is 3.50. The molecule has 31 heavy (non-hydrogen) atoms. The van der Waals surface area contributed by atoms with Crippen LogP contribution in [0.25, 0.3) is 6.08 Å². The molecule has 1 saturated heterocycles. The Morgan fingerprint density at radius 2 is 1.68 bits per heavy atom. The maximum atomic E-state index is 13.1. The fraction of sp³-hybridized carbons (Fsp3) is 0.120. The van der Waals surface area contributed by atoms with E-state index in [0.29, 0.717) is 16.2 Å². The standard InChI is InChI=1S/C25H20FNO3S/c1-17-6-2-3-8-20(17)15-27-24(28)23(31-25(27)29)14-19-7-4-5-9-22(19)30-16-18-10-12-21(26)13-11-18/h2-14H,15-16H2,1H3/b23-14-. The topological polar surface area (TPSA) is 46.6 Å². The number of amides is 2. The Morgan fingerprint density at radius 3 is 2.45 bits per heavy atom. The third-order valence-electron chi connectivity index (χ3n) is 4.98. The fourth-order valence-electron chi connectivity index (χ4n) is 3.21. The third kappa shape index (κ3) is 4.86. The van der Waals surface area contributed by atoms with Crippen LogP contribution in [0, 0.1) is 12.7 Å². The van der Waals surface area contributed by atoms with Crippen LogP contribution in [0.3, 0.4) is 0 Å². The van der Waals surface area contributed by atoms with Gasteiger partial charge in [-0.05, 0) is 59.7 Å². The molecule has 4 nitrogen and oxygen atoms in total. The highest BCUT2D eigenvalue weighted by molar-refractivity contribution is 8.18. The molecule has 1 fully saturated rings. The molecular formula is C25H20FNO3S. The minimum absolute atomic E-state index is 0.247. The summed E-state index contributed by atoms with van der Waals surface area (Å²) >= 11 is 0.928. The van der Waals surface area contributed by atoms with E-state index in [1.165, 1.54) is 17.0 Å². The van der Waals surface area contributed by atoms with Gasteiger partial charge in [0.15, 0.2) is 0 Å². The molecule has 0 saturated carbocycles. The van der Waals surface area contributed by atoms with Crippen LogP contribution in [0.1, 0.15) is 22.3 Å². The van der Waals surface area contributed by atoms with Crippen molar-refractivity contribution in [3.8, 4) is 5.75 Å². The molecule has 0 atom stereocenters. The quantitative estimate of drug-likeness (QED) is 0.451. The lowest BCUT2D eigenvalue weighted by molar-refractivity contribution is -0.123. The number of carbonyl (C=O) groups excluding carboxylic acids is 2. The Bertz CT molecular complexity index is 1160. The van der Waals surface area contributed by atoms with Crippen LogP contribution in [-0.2, 0) is 17.9 Å². The summed E-state index contributed by atoms with van der Waals surface area (Å²) in [6.07, 6.45) is 1.68. The molecule has 0 radical (unpaired) electrons. The Hall–Kier alpha value is -3.38. The summed E-state index contributed by atoms with van der Waals surface area (Å²) in [4.78, 5) is 27.0. The number of thioether (sulfide) groups is 1. The van der Waals surface area contributed by atoms with Gasteiger partial charge in [0, 0.05) is 5.56 Å². The summed E-state index contributed by atoms with van der Waals surface area (Å²) in [6, 6.07) is 21.1. The van der Waals surface area contributed by atoms with Crippen molar-refractivity contribution in [2.24, 2.45) is 0 Å². The van der Waals surface area contributed by atoms with Gasteiger partial charge in [-0.25, -0.2) is 4.39 Å². The van der Waals surface area contributed by atoms with Crippen molar-refractivity contribution in [2.45, 2.75) is 20.1 Å². The largest absolute Gasteiger partial charge is 0.488 e. The summed E-state index contributed by atoms with van der Waals surface area (Å²) in [7, 11) is 0. The van der Waals surface area contributed by atoms with Crippen LogP contribution in [0.15, 0.2) is 77.7 Å². The fourth-order valence-corrected chi connectivity index (χ4v) is 4.04. The van der Waals surface area contributed by atoms with E-state index in [4.69, 9.17) is 4.74 Å². The Balaban J connectivity index is 1.52. The first-order valence-corrected chi connectivity index (χ1v) is 10.6. The van der Waals surface area contributed by atoms with E-state index in [9.17, 15) is 14.0 Å². The van der Waals surface area contributed by atoms with Crippen LogP contribution in [-0.4, -0.2) is 16.0 Å². The van der Waals surface area contributed by atoms with Crippen molar-refractivity contribution >= 4 is 29.0 Å². The van der Waals surface area contributed by atoms with Gasteiger partial charge < -0.3 is 4.74 Å². The lowest BCUT2D eigenvalue weighted by Crippen LogP contribution is -2.27. The summed E-state index contributed by atoms with van der Waals surface area (Å²) in [5, 5.41) is -0.288. The number of hydrogen-bond donors (Lipinski definition) is 0. The van der Waals surface area contributed by atoms with Gasteiger partial charge in [0.1, 0.15) is 18.2 Å². The molecule has 0 spiro atoms. The first kappa shape index (κ1) is 20.9. The second-order valence-corrected chi connectivity index (χ2v) is 8.14. The molecule has 1 heterocycles. The summed E-state index contributed by atoms with van der Waals surface area (Å²) in [5.74, 6) is -0.0327. The van der Waals surface area contributed by atoms with Crippen LogP contribution >= 0.6 is 11.8 Å². The van der Waals surface area contributed by atoms with E-state index in [1.807, 2.05) is 49.4 Å². The molecule has 0 aliphatic carbocycles. The molecule has 0 aromatic heterocycles. The van der Waals surface area contributed by atoms with E-state index in [1.54, 1.807) is 24.3 Å². The highest BCUT2D eigenvalue weighted by Gasteiger charge is 2.35. The van der Waals surface area contributed by atoms with Crippen molar-refractivity contribution < 1.29 is 18.7 Å². The molecule has 0 bridgehead atoms. The van der Waals surface area contributed by atoms with Gasteiger partial charge in [0.2, 0.25) is 0 Å². The molecule has 0 unspecified atom stereocenters. The second-order valence-electron chi connectivity index (χ2n) is 7.15. The minimum atomic E-state index is -0.313. The third-order valence-corrected chi connectivity index (χ3v) is 5.88. The van der Waals surface area contributed by atoms with Gasteiger partial charge >= 0.3 is 0 Å². The van der Waals surface area contributed by atoms with Gasteiger partial charge in [-0.15, -0.1) is 0 Å². The number of benzene rings is 3. The monoisotopic (exact) mass is 433 g/mol. The SMILES string of the molecule is Cc1ccccc1CN1C(=O)S/C(=C\c2ccccc2OCc2ccc(F)cc2)C1=O. The van der Waals surface area contributed by atoms with Gasteiger partial charge in [0.25, 0.3) is 11.1 Å². The predicted molar refractivity (Wildman–Crippen MR) is 120 cm³/mol. The average Bonchev–Trinajstić information content (AvgIpc) is 3.03. The van der Waals surface area contributed by atoms with E-state index < -0.39 is 0 Å². The lowest BCUT2D eigenvalue weighted by atomic mass is 10.1. The number of aryl methyl sites for hydroxylation is 1. The smallest absolute Gasteiger partial charge is 0.293 e. The Labute approximate surface area is 184 Å². The van der Waals surface area contributed by atoms with Crippen molar-refractivity contribution in [2.75, 3.05) is 0 Å². The Kier molecular flexibility index (Phi) is 6.18. The van der Waals surface area contributed by atoms with Gasteiger partial charge in [-0.1, -0.05) is 54.6 Å². The predicted octanol–water partition coefficient (Wildman–Crippen LogP) is 5.95. The number of hydrogen-bond acceptors (Lipinski definition) is 4. The molecule has 0 N–H and O–H groups in total. The number of imide groups is 1. The molecule has 1 aliphatic heterocycles. The normalized spacial score (nSPS) is 15.0. The summed E-state index contributed by atoms with van der Waals surface area (Å²) < 4.78 is 19.0.